The zero-order valence-electron chi connectivity index (χ0n) is 10.8. The molecule has 6 heteroatoms. The maximum absolute atomic E-state index is 12.9. The molecule has 1 aromatic heterocycles. The van der Waals surface area contributed by atoms with Crippen LogP contribution in [0.15, 0.2) is 58.3 Å². The second-order valence-electron chi connectivity index (χ2n) is 4.44. The third-order valence-electron chi connectivity index (χ3n) is 3.13. The van der Waals surface area contributed by atoms with E-state index in [0.29, 0.717) is 25.7 Å². The van der Waals surface area contributed by atoms with Crippen LogP contribution in [0.1, 0.15) is 10.5 Å². The van der Waals surface area contributed by atoms with Gasteiger partial charge in [-0.05, 0) is 18.2 Å². The van der Waals surface area contributed by atoms with E-state index in [4.69, 9.17) is 17.3 Å². The largest absolute Gasteiger partial charge is 0.364 e. The normalized spacial score (nSPS) is 12.4. The predicted molar refractivity (Wildman–Crippen MR) is 82.9 cm³/mol. The van der Waals surface area contributed by atoms with Crippen molar-refractivity contribution >= 4 is 39.2 Å². The Morgan fingerprint density at radius 2 is 1.76 bits per heavy atom. The first-order valence-corrected chi connectivity index (χ1v) is 7.69. The highest BCUT2D eigenvalue weighted by atomic mass is 35.5. The van der Waals surface area contributed by atoms with Gasteiger partial charge in [-0.2, -0.15) is 0 Å². The molecule has 0 aliphatic carbocycles. The van der Waals surface area contributed by atoms with Crippen LogP contribution in [0.4, 0.5) is 0 Å². The number of carbonyl (C=O) groups excluding carboxylic acids is 1. The summed E-state index contributed by atoms with van der Waals surface area (Å²) in [7, 11) is -1.60. The fourth-order valence-corrected chi connectivity index (χ4v) is 3.92. The first-order valence-electron chi connectivity index (χ1n) is 6.16. The summed E-state index contributed by atoms with van der Waals surface area (Å²) < 4.78 is 12.9. The highest BCUT2D eigenvalue weighted by Crippen LogP contribution is 2.31. The van der Waals surface area contributed by atoms with Crippen molar-refractivity contribution in [1.29, 1.82) is 0 Å². The van der Waals surface area contributed by atoms with Crippen molar-refractivity contribution in [3.8, 4) is 0 Å². The van der Waals surface area contributed by atoms with Crippen LogP contribution in [-0.4, -0.2) is 15.1 Å². The number of hydrogen-bond acceptors (Lipinski definition) is 2. The minimum absolute atomic E-state index is 0.148. The molecular weight excluding hydrogens is 308 g/mol. The molecule has 0 saturated heterocycles. The number of aromatic amines is 1. The van der Waals surface area contributed by atoms with E-state index in [-0.39, 0.29) is 5.69 Å². The van der Waals surface area contributed by atoms with Gasteiger partial charge < -0.3 is 10.7 Å². The lowest BCUT2D eigenvalue weighted by Crippen LogP contribution is -2.14. The summed E-state index contributed by atoms with van der Waals surface area (Å²) in [6.45, 7) is 0. The second-order valence-corrected chi connectivity index (χ2v) is 6.23. The maximum Gasteiger partial charge on any atom is 0.266 e. The van der Waals surface area contributed by atoms with Gasteiger partial charge in [-0.1, -0.05) is 41.9 Å². The Morgan fingerprint density at radius 1 is 1.10 bits per heavy atom. The fraction of sp³-hybridized carbons (Fsp3) is 0. The number of fused-ring (bicyclic) bond motifs is 1. The molecule has 0 bridgehead atoms. The summed E-state index contributed by atoms with van der Waals surface area (Å²) in [6, 6.07) is 14.1. The monoisotopic (exact) mass is 318 g/mol. The Kier molecular flexibility index (Phi) is 3.53. The van der Waals surface area contributed by atoms with Crippen LogP contribution in [0.5, 0.6) is 0 Å². The van der Waals surface area contributed by atoms with Crippen molar-refractivity contribution in [2.24, 2.45) is 5.73 Å². The molecule has 0 aliphatic heterocycles. The Morgan fingerprint density at radius 3 is 2.48 bits per heavy atom. The lowest BCUT2D eigenvalue weighted by atomic mass is 10.2. The van der Waals surface area contributed by atoms with Gasteiger partial charge in [0.25, 0.3) is 5.91 Å². The van der Waals surface area contributed by atoms with E-state index < -0.39 is 16.7 Å². The molecule has 2 aromatic carbocycles. The highest BCUT2D eigenvalue weighted by molar-refractivity contribution is 7.85. The average Bonchev–Trinajstić information content (AvgIpc) is 2.86. The fourth-order valence-electron chi connectivity index (χ4n) is 2.19. The van der Waals surface area contributed by atoms with Crippen molar-refractivity contribution in [2.45, 2.75) is 9.79 Å². The number of carbonyl (C=O) groups is 1. The van der Waals surface area contributed by atoms with Gasteiger partial charge in [0, 0.05) is 10.9 Å². The molecule has 106 valence electrons. The molecule has 3 N–H and O–H groups in total. The van der Waals surface area contributed by atoms with Gasteiger partial charge >= 0.3 is 0 Å². The molecule has 3 aromatic rings. The van der Waals surface area contributed by atoms with Crippen LogP contribution in [0.25, 0.3) is 10.9 Å². The summed E-state index contributed by atoms with van der Waals surface area (Å²) in [6.07, 6.45) is 0. The quantitative estimate of drug-likeness (QED) is 0.778. The Labute approximate surface area is 128 Å². The van der Waals surface area contributed by atoms with Crippen LogP contribution in [-0.2, 0) is 10.8 Å². The number of para-hydroxylation sites is 1. The van der Waals surface area contributed by atoms with Crippen molar-refractivity contribution in [3.63, 3.8) is 0 Å². The smallest absolute Gasteiger partial charge is 0.266 e. The Hall–Kier alpha value is -2.11. The Balaban J connectivity index is 2.29. The van der Waals surface area contributed by atoms with Gasteiger partial charge in [0.05, 0.1) is 25.6 Å². The van der Waals surface area contributed by atoms with Crippen molar-refractivity contribution in [1.82, 2.24) is 4.98 Å². The number of halogens is 1. The minimum Gasteiger partial charge on any atom is -0.364 e. The molecule has 0 radical (unpaired) electrons. The maximum atomic E-state index is 12.9. The molecule has 21 heavy (non-hydrogen) atoms. The zero-order valence-corrected chi connectivity index (χ0v) is 12.4. The Bertz CT molecular complexity index is 873. The van der Waals surface area contributed by atoms with E-state index in [1.165, 1.54) is 0 Å². The first-order chi connectivity index (χ1) is 10.1. The summed E-state index contributed by atoms with van der Waals surface area (Å²) in [5, 5.41) is 1.08. The van der Waals surface area contributed by atoms with Gasteiger partial charge in [-0.25, -0.2) is 4.21 Å². The van der Waals surface area contributed by atoms with Crippen LogP contribution in [0.2, 0.25) is 5.02 Å². The van der Waals surface area contributed by atoms with E-state index >= 15 is 0 Å². The van der Waals surface area contributed by atoms with E-state index in [1.807, 2.05) is 12.1 Å². The molecular formula is C15H11ClN2O2S. The molecule has 0 saturated carbocycles. The molecule has 1 heterocycles. The number of aromatic nitrogens is 1. The second kappa shape index (κ2) is 5.35. The SMILES string of the molecule is NC(=O)c1[nH]c2ccccc2c1S(=O)c1ccccc1Cl. The summed E-state index contributed by atoms with van der Waals surface area (Å²) >= 11 is 6.10. The molecule has 1 amide bonds. The van der Waals surface area contributed by atoms with Crippen LogP contribution < -0.4 is 5.73 Å². The molecule has 0 fully saturated rings. The van der Waals surface area contributed by atoms with Gasteiger partial charge in [0.15, 0.2) is 0 Å². The van der Waals surface area contributed by atoms with Crippen molar-refractivity contribution < 1.29 is 9.00 Å². The summed E-state index contributed by atoms with van der Waals surface area (Å²) in [5.41, 5.74) is 6.25. The molecule has 4 nitrogen and oxygen atoms in total. The molecule has 1 unspecified atom stereocenters. The minimum atomic E-state index is -1.60. The lowest BCUT2D eigenvalue weighted by Gasteiger charge is -2.05. The standard InChI is InChI=1S/C15H11ClN2O2S/c16-10-6-2-4-8-12(10)21(20)14-9-5-1-3-7-11(9)18-13(14)15(17)19/h1-8,18H,(H2,17,19). The third kappa shape index (κ3) is 2.34. The molecule has 3 rings (SSSR count). The lowest BCUT2D eigenvalue weighted by molar-refractivity contribution is 0.0993. The van der Waals surface area contributed by atoms with Gasteiger partial charge in [0.1, 0.15) is 5.69 Å². The predicted octanol–water partition coefficient (Wildman–Crippen LogP) is 3.09. The number of primary amides is 1. The van der Waals surface area contributed by atoms with Crippen LogP contribution in [0.3, 0.4) is 0 Å². The molecule has 1 atom stereocenters. The highest BCUT2D eigenvalue weighted by Gasteiger charge is 2.22. The van der Waals surface area contributed by atoms with Crippen LogP contribution in [0, 0.1) is 0 Å². The van der Waals surface area contributed by atoms with Gasteiger partial charge in [-0.15, -0.1) is 0 Å². The van der Waals surface area contributed by atoms with E-state index in [9.17, 15) is 9.00 Å². The van der Waals surface area contributed by atoms with Crippen molar-refractivity contribution in [2.75, 3.05) is 0 Å². The number of nitrogens with two attached hydrogens (primary N) is 1. The number of nitrogens with one attached hydrogen (secondary N) is 1. The van der Waals surface area contributed by atoms with Gasteiger partial charge in [0.2, 0.25) is 0 Å². The van der Waals surface area contributed by atoms with E-state index in [2.05, 4.69) is 4.98 Å². The summed E-state index contributed by atoms with van der Waals surface area (Å²) in [5.74, 6) is -0.651. The summed E-state index contributed by atoms with van der Waals surface area (Å²) in [4.78, 5) is 15.4. The molecule has 0 spiro atoms. The number of H-pyrrole nitrogens is 1. The first kappa shape index (κ1) is 13.9. The topological polar surface area (TPSA) is 76.0 Å². The van der Waals surface area contributed by atoms with Crippen LogP contribution >= 0.6 is 11.6 Å². The average molecular weight is 319 g/mol. The number of hydrogen-bond donors (Lipinski definition) is 2. The third-order valence-corrected chi connectivity index (χ3v) is 5.12. The number of benzene rings is 2. The van der Waals surface area contributed by atoms with E-state index in [1.54, 1.807) is 36.4 Å². The number of rotatable bonds is 3. The molecule has 0 aliphatic rings. The van der Waals surface area contributed by atoms with Crippen molar-refractivity contribution in [3.05, 3.63) is 59.2 Å². The zero-order chi connectivity index (χ0) is 15.0. The van der Waals surface area contributed by atoms with E-state index in [0.717, 1.165) is 0 Å². The van der Waals surface area contributed by atoms with Gasteiger partial charge in [-0.3, -0.25) is 4.79 Å². The number of amides is 1.